The first-order chi connectivity index (χ1) is 11.4. The van der Waals surface area contributed by atoms with E-state index in [2.05, 4.69) is 15.2 Å². The van der Waals surface area contributed by atoms with Gasteiger partial charge in [0.15, 0.2) is 11.7 Å². The Hall–Kier alpha value is -3.21. The third-order valence-electron chi connectivity index (χ3n) is 3.54. The molecule has 0 aliphatic carbocycles. The molecule has 1 unspecified atom stereocenters. The molecule has 0 aliphatic heterocycles. The largest absolute Gasteiger partial charge is 0.417 e. The van der Waals surface area contributed by atoms with Crippen LogP contribution in [0.3, 0.4) is 0 Å². The van der Waals surface area contributed by atoms with Crippen LogP contribution in [-0.4, -0.2) is 21.0 Å². The zero-order valence-electron chi connectivity index (χ0n) is 12.0. The lowest BCUT2D eigenvalue weighted by molar-refractivity contribution is -0.137. The number of ketones is 1. The van der Waals surface area contributed by atoms with Gasteiger partial charge in [-0.15, -0.1) is 0 Å². The van der Waals surface area contributed by atoms with Gasteiger partial charge in [0, 0.05) is 17.1 Å². The van der Waals surface area contributed by atoms with Crippen molar-refractivity contribution in [1.29, 1.82) is 5.26 Å². The second kappa shape index (κ2) is 5.77. The Kier molecular flexibility index (Phi) is 3.77. The summed E-state index contributed by atoms with van der Waals surface area (Å²) in [4.78, 5) is 16.3. The Morgan fingerprint density at radius 1 is 1.21 bits per heavy atom. The van der Waals surface area contributed by atoms with E-state index in [4.69, 9.17) is 0 Å². The first-order valence-electron chi connectivity index (χ1n) is 6.81. The lowest BCUT2D eigenvalue weighted by Gasteiger charge is -2.10. The molecule has 0 saturated heterocycles. The van der Waals surface area contributed by atoms with Gasteiger partial charge in [-0.05, 0) is 18.2 Å². The van der Waals surface area contributed by atoms with E-state index in [-0.39, 0.29) is 11.3 Å². The number of aromatic nitrogens is 3. The third kappa shape index (κ3) is 2.72. The van der Waals surface area contributed by atoms with Crippen molar-refractivity contribution < 1.29 is 18.0 Å². The standard InChI is InChI=1S/C16H9F3N4O/c17-16(18,19)10-4-5-13(21-8-10)12(6-20)15(24)11-3-1-2-9-7-22-23-14(9)11/h1-5,7-8,12H,(H,22,23). The predicted octanol–water partition coefficient (Wildman–Crippen LogP) is 3.47. The van der Waals surface area contributed by atoms with Crippen molar-refractivity contribution >= 4 is 16.7 Å². The molecule has 0 aliphatic rings. The van der Waals surface area contributed by atoms with Crippen LogP contribution in [0.1, 0.15) is 27.5 Å². The summed E-state index contributed by atoms with van der Waals surface area (Å²) in [7, 11) is 0. The van der Waals surface area contributed by atoms with E-state index < -0.39 is 23.4 Å². The number of nitrogens with one attached hydrogen (secondary N) is 1. The number of para-hydroxylation sites is 1. The number of alkyl halides is 3. The molecule has 3 rings (SSSR count). The number of carbonyl (C=O) groups excluding carboxylic acids is 1. The lowest BCUT2D eigenvalue weighted by Crippen LogP contribution is -2.14. The number of nitriles is 1. The van der Waals surface area contributed by atoms with Crippen LogP contribution in [0.15, 0.2) is 42.7 Å². The topological polar surface area (TPSA) is 82.4 Å². The van der Waals surface area contributed by atoms with Gasteiger partial charge in [-0.1, -0.05) is 12.1 Å². The number of Topliss-reactive ketones (excluding diaryl/α,β-unsaturated/α-hetero) is 1. The highest BCUT2D eigenvalue weighted by Crippen LogP contribution is 2.30. The number of fused-ring (bicyclic) bond motifs is 1. The molecule has 0 bridgehead atoms. The quantitative estimate of drug-likeness (QED) is 0.746. The molecule has 0 spiro atoms. The number of nitrogens with zero attached hydrogens (tertiary/aromatic N) is 3. The van der Waals surface area contributed by atoms with Gasteiger partial charge in [0.05, 0.1) is 29.0 Å². The molecule has 0 saturated carbocycles. The van der Waals surface area contributed by atoms with Crippen LogP contribution in [-0.2, 0) is 6.18 Å². The normalized spacial score (nSPS) is 12.8. The number of H-pyrrole nitrogens is 1. The van der Waals surface area contributed by atoms with E-state index in [0.29, 0.717) is 17.1 Å². The number of halogens is 3. The molecule has 5 nitrogen and oxygen atoms in total. The zero-order valence-corrected chi connectivity index (χ0v) is 12.0. The Bertz CT molecular complexity index is 938. The van der Waals surface area contributed by atoms with E-state index in [1.807, 2.05) is 0 Å². The van der Waals surface area contributed by atoms with Gasteiger partial charge in [-0.3, -0.25) is 14.9 Å². The minimum atomic E-state index is -4.53. The van der Waals surface area contributed by atoms with Crippen LogP contribution in [0, 0.1) is 11.3 Å². The van der Waals surface area contributed by atoms with Gasteiger partial charge in [0.1, 0.15) is 0 Å². The zero-order chi connectivity index (χ0) is 17.3. The van der Waals surface area contributed by atoms with Crippen LogP contribution in [0.2, 0.25) is 0 Å². The number of aromatic amines is 1. The first kappa shape index (κ1) is 15.7. The molecule has 0 radical (unpaired) electrons. The lowest BCUT2D eigenvalue weighted by atomic mass is 9.94. The molecule has 1 atom stereocenters. The second-order valence-corrected chi connectivity index (χ2v) is 5.04. The number of rotatable bonds is 3. The molecule has 1 N–H and O–H groups in total. The Balaban J connectivity index is 1.99. The Morgan fingerprint density at radius 3 is 2.62 bits per heavy atom. The second-order valence-electron chi connectivity index (χ2n) is 5.04. The fraction of sp³-hybridized carbons (Fsp3) is 0.125. The summed E-state index contributed by atoms with van der Waals surface area (Å²) in [6, 6.07) is 8.56. The first-order valence-corrected chi connectivity index (χ1v) is 6.81. The molecule has 2 heterocycles. The molecule has 0 fully saturated rings. The summed E-state index contributed by atoms with van der Waals surface area (Å²) in [5.74, 6) is -1.86. The molecule has 24 heavy (non-hydrogen) atoms. The molecule has 1 aromatic carbocycles. The van der Waals surface area contributed by atoms with Crippen molar-refractivity contribution in [2.24, 2.45) is 0 Å². The van der Waals surface area contributed by atoms with Crippen LogP contribution in [0.4, 0.5) is 13.2 Å². The molecule has 8 heteroatoms. The van der Waals surface area contributed by atoms with Crippen molar-refractivity contribution in [3.63, 3.8) is 0 Å². The summed E-state index contributed by atoms with van der Waals surface area (Å²) in [6.45, 7) is 0. The maximum absolute atomic E-state index is 12.6. The number of carbonyl (C=O) groups is 1. The highest BCUT2D eigenvalue weighted by molar-refractivity contribution is 6.10. The monoisotopic (exact) mass is 330 g/mol. The number of hydrogen-bond donors (Lipinski definition) is 1. The maximum Gasteiger partial charge on any atom is 0.417 e. The number of pyridine rings is 1. The van der Waals surface area contributed by atoms with Crippen LogP contribution in [0.5, 0.6) is 0 Å². The van der Waals surface area contributed by atoms with Crippen molar-refractivity contribution in [3.05, 3.63) is 59.5 Å². The molecule has 120 valence electrons. The summed E-state index contributed by atoms with van der Waals surface area (Å²) in [6.07, 6.45) is -2.38. The van der Waals surface area contributed by atoms with E-state index in [9.17, 15) is 23.2 Å². The van der Waals surface area contributed by atoms with Crippen molar-refractivity contribution in [2.45, 2.75) is 12.1 Å². The average molecular weight is 330 g/mol. The van der Waals surface area contributed by atoms with Gasteiger partial charge in [0.25, 0.3) is 0 Å². The highest BCUT2D eigenvalue weighted by Gasteiger charge is 2.32. The molecule has 2 aromatic heterocycles. The van der Waals surface area contributed by atoms with E-state index in [1.54, 1.807) is 18.2 Å². The van der Waals surface area contributed by atoms with Crippen LogP contribution in [0.25, 0.3) is 10.9 Å². The summed E-state index contributed by atoms with van der Waals surface area (Å²) in [5, 5.41) is 16.5. The minimum Gasteiger partial charge on any atom is -0.292 e. The van der Waals surface area contributed by atoms with Crippen molar-refractivity contribution in [2.75, 3.05) is 0 Å². The van der Waals surface area contributed by atoms with Crippen LogP contribution < -0.4 is 0 Å². The summed E-state index contributed by atoms with van der Waals surface area (Å²) >= 11 is 0. The fourth-order valence-corrected chi connectivity index (χ4v) is 2.33. The number of benzene rings is 1. The summed E-state index contributed by atoms with van der Waals surface area (Å²) in [5.41, 5.74) is -0.272. The maximum atomic E-state index is 12.6. The van der Waals surface area contributed by atoms with Crippen molar-refractivity contribution in [1.82, 2.24) is 15.2 Å². The van der Waals surface area contributed by atoms with Crippen LogP contribution >= 0.6 is 0 Å². The predicted molar refractivity (Wildman–Crippen MR) is 78.0 cm³/mol. The summed E-state index contributed by atoms with van der Waals surface area (Å²) < 4.78 is 37.7. The van der Waals surface area contributed by atoms with Gasteiger partial charge in [-0.2, -0.15) is 23.5 Å². The molecule has 0 amide bonds. The third-order valence-corrected chi connectivity index (χ3v) is 3.54. The Labute approximate surface area is 133 Å². The average Bonchev–Trinajstić information content (AvgIpc) is 3.03. The smallest absolute Gasteiger partial charge is 0.292 e. The Morgan fingerprint density at radius 2 is 2.00 bits per heavy atom. The van der Waals surface area contributed by atoms with Gasteiger partial charge >= 0.3 is 6.18 Å². The van der Waals surface area contributed by atoms with E-state index >= 15 is 0 Å². The minimum absolute atomic E-state index is 0.0352. The van der Waals surface area contributed by atoms with Gasteiger partial charge < -0.3 is 0 Å². The SMILES string of the molecule is N#CC(C(=O)c1cccc2cn[nH]c12)c1ccc(C(F)(F)F)cn1. The fourth-order valence-electron chi connectivity index (χ4n) is 2.33. The number of hydrogen-bond acceptors (Lipinski definition) is 4. The highest BCUT2D eigenvalue weighted by atomic mass is 19.4. The van der Waals surface area contributed by atoms with Gasteiger partial charge in [0.2, 0.25) is 0 Å². The van der Waals surface area contributed by atoms with E-state index in [1.165, 1.54) is 12.3 Å². The van der Waals surface area contributed by atoms with Gasteiger partial charge in [-0.25, -0.2) is 0 Å². The van der Waals surface area contributed by atoms with E-state index in [0.717, 1.165) is 12.1 Å². The molecular formula is C16H9F3N4O. The molecule has 3 aromatic rings. The molecular weight excluding hydrogens is 321 g/mol. The van der Waals surface area contributed by atoms with Crippen molar-refractivity contribution in [3.8, 4) is 6.07 Å².